The zero-order valence-corrected chi connectivity index (χ0v) is 11.4. The summed E-state index contributed by atoms with van der Waals surface area (Å²) in [6.07, 6.45) is 2.17. The fourth-order valence-electron chi connectivity index (χ4n) is 2.76. The van der Waals surface area contributed by atoms with Crippen LogP contribution in [0, 0.1) is 0 Å². The first kappa shape index (κ1) is 14.7. The summed E-state index contributed by atoms with van der Waals surface area (Å²) in [5.74, 6) is -1.80. The molecule has 0 unspecified atom stereocenters. The Balaban J connectivity index is 2.01. The molecule has 0 aromatic rings. The monoisotopic (exact) mass is 276 g/mol. The highest BCUT2D eigenvalue weighted by Crippen LogP contribution is 2.40. The van der Waals surface area contributed by atoms with Gasteiger partial charge in [-0.15, -0.1) is 0 Å². The number of rotatable bonds is 3. The summed E-state index contributed by atoms with van der Waals surface area (Å²) in [4.78, 5) is 11.3. The highest BCUT2D eigenvalue weighted by atomic mass is 19.1. The topological polar surface area (TPSA) is 65.0 Å². The maximum atomic E-state index is 14.2. The molecule has 1 heterocycles. The third-order valence-electron chi connectivity index (χ3n) is 3.98. The van der Waals surface area contributed by atoms with E-state index in [0.29, 0.717) is 0 Å². The Labute approximate surface area is 112 Å². The van der Waals surface area contributed by atoms with Gasteiger partial charge in [0.15, 0.2) is 5.79 Å². The summed E-state index contributed by atoms with van der Waals surface area (Å²) in [5, 5.41) is 10.0. The molecular weight excluding hydrogens is 255 g/mol. The van der Waals surface area contributed by atoms with Crippen LogP contribution in [0.5, 0.6) is 0 Å². The lowest BCUT2D eigenvalue weighted by Gasteiger charge is -2.33. The summed E-state index contributed by atoms with van der Waals surface area (Å²) in [6.45, 7) is 1.09. The molecule has 2 aliphatic rings. The molecule has 3 atom stereocenters. The predicted molar refractivity (Wildman–Crippen MR) is 64.2 cm³/mol. The Morgan fingerprint density at radius 2 is 2.11 bits per heavy atom. The van der Waals surface area contributed by atoms with E-state index in [-0.39, 0.29) is 6.61 Å². The molecule has 1 saturated carbocycles. The van der Waals surface area contributed by atoms with Crippen LogP contribution >= 0.6 is 0 Å². The van der Waals surface area contributed by atoms with Gasteiger partial charge >= 0.3 is 5.97 Å². The molecule has 0 amide bonds. The summed E-state index contributed by atoms with van der Waals surface area (Å²) < 4.78 is 29.9. The second-order valence-electron chi connectivity index (χ2n) is 5.45. The van der Waals surface area contributed by atoms with Crippen molar-refractivity contribution in [1.82, 2.24) is 0 Å². The average molecular weight is 276 g/mol. The normalized spacial score (nSPS) is 30.8. The van der Waals surface area contributed by atoms with Crippen molar-refractivity contribution in [2.75, 3.05) is 13.7 Å². The second kappa shape index (κ2) is 5.34. The number of carbonyl (C=O) groups is 1. The Kier molecular flexibility index (Phi) is 4.13. The minimum Gasteiger partial charge on any atom is -0.467 e. The predicted octanol–water partition coefficient (Wildman–Crippen LogP) is 1.32. The van der Waals surface area contributed by atoms with Crippen LogP contribution in [0.1, 0.15) is 39.0 Å². The Morgan fingerprint density at radius 3 is 2.68 bits per heavy atom. The van der Waals surface area contributed by atoms with E-state index >= 15 is 0 Å². The molecule has 0 aromatic carbocycles. The molecule has 2 rings (SSSR count). The molecule has 2 fully saturated rings. The van der Waals surface area contributed by atoms with Crippen LogP contribution in [0.15, 0.2) is 0 Å². The van der Waals surface area contributed by atoms with Crippen LogP contribution in [-0.2, 0) is 19.0 Å². The van der Waals surface area contributed by atoms with E-state index in [1.54, 1.807) is 0 Å². The minimum absolute atomic E-state index is 0.0949. The zero-order chi connectivity index (χ0) is 14.1. The van der Waals surface area contributed by atoms with Crippen LogP contribution in [0.2, 0.25) is 0 Å². The standard InChI is InChI=1S/C13H21FO5/c1-12(14,11(16)17-2)10(15)9-8-18-13(19-9)6-4-3-5-7-13/h9-10,15H,3-8H2,1-2H3/t9-,10+,12+/m1/s1. The van der Waals surface area contributed by atoms with Gasteiger partial charge in [0, 0.05) is 12.8 Å². The molecule has 1 aliphatic heterocycles. The number of halogens is 1. The highest BCUT2D eigenvalue weighted by Gasteiger charge is 2.52. The number of methoxy groups -OCH3 is 1. The van der Waals surface area contributed by atoms with E-state index in [1.165, 1.54) is 0 Å². The number of esters is 1. The van der Waals surface area contributed by atoms with Crippen molar-refractivity contribution >= 4 is 5.97 Å². The summed E-state index contributed by atoms with van der Waals surface area (Å²) in [5.41, 5.74) is -2.50. The minimum atomic E-state index is -2.50. The van der Waals surface area contributed by atoms with Crippen molar-refractivity contribution in [3.63, 3.8) is 0 Å². The number of aliphatic hydroxyl groups excluding tert-OH is 1. The van der Waals surface area contributed by atoms with Gasteiger partial charge in [0.05, 0.1) is 13.7 Å². The van der Waals surface area contributed by atoms with Crippen molar-refractivity contribution in [3.05, 3.63) is 0 Å². The number of alkyl halides is 1. The van der Waals surface area contributed by atoms with Gasteiger partial charge in [-0.3, -0.25) is 0 Å². The smallest absolute Gasteiger partial charge is 0.346 e. The van der Waals surface area contributed by atoms with Crippen molar-refractivity contribution in [2.24, 2.45) is 0 Å². The van der Waals surface area contributed by atoms with Gasteiger partial charge in [0.2, 0.25) is 5.67 Å². The average Bonchev–Trinajstić information content (AvgIpc) is 2.81. The van der Waals surface area contributed by atoms with Crippen molar-refractivity contribution in [3.8, 4) is 0 Å². The molecule has 19 heavy (non-hydrogen) atoms. The molecular formula is C13H21FO5. The number of carbonyl (C=O) groups excluding carboxylic acids is 1. The Hall–Kier alpha value is -0.720. The molecule has 110 valence electrons. The van der Waals surface area contributed by atoms with Gasteiger partial charge in [-0.05, 0) is 19.8 Å². The number of hydrogen-bond donors (Lipinski definition) is 1. The summed E-state index contributed by atoms with van der Waals surface area (Å²) in [7, 11) is 1.08. The van der Waals surface area contributed by atoms with E-state index in [2.05, 4.69) is 4.74 Å². The van der Waals surface area contributed by atoms with Gasteiger partial charge in [-0.25, -0.2) is 9.18 Å². The quantitative estimate of drug-likeness (QED) is 0.788. The zero-order valence-electron chi connectivity index (χ0n) is 11.4. The molecule has 5 nitrogen and oxygen atoms in total. The van der Waals surface area contributed by atoms with E-state index in [0.717, 1.165) is 46.1 Å². The van der Waals surface area contributed by atoms with Crippen LogP contribution < -0.4 is 0 Å². The fourth-order valence-corrected chi connectivity index (χ4v) is 2.76. The first-order chi connectivity index (χ1) is 8.91. The largest absolute Gasteiger partial charge is 0.467 e. The number of hydrogen-bond acceptors (Lipinski definition) is 5. The van der Waals surface area contributed by atoms with Gasteiger partial charge < -0.3 is 19.3 Å². The SMILES string of the molecule is COC(=O)[C@@](C)(F)[C@@H](O)[C@H]1COC2(CCCCC2)O1. The van der Waals surface area contributed by atoms with Crippen LogP contribution in [0.4, 0.5) is 4.39 Å². The van der Waals surface area contributed by atoms with Gasteiger partial charge in [0.25, 0.3) is 0 Å². The molecule has 0 aromatic heterocycles. The molecule has 0 radical (unpaired) electrons. The third kappa shape index (κ3) is 2.75. The molecule has 0 bridgehead atoms. The van der Waals surface area contributed by atoms with Crippen molar-refractivity contribution < 1.29 is 28.5 Å². The van der Waals surface area contributed by atoms with E-state index in [4.69, 9.17) is 9.47 Å². The molecule has 1 aliphatic carbocycles. The van der Waals surface area contributed by atoms with Gasteiger partial charge in [-0.2, -0.15) is 0 Å². The number of aliphatic hydroxyl groups is 1. The number of ether oxygens (including phenoxy) is 3. The maximum absolute atomic E-state index is 14.2. The van der Waals surface area contributed by atoms with Crippen LogP contribution in [0.3, 0.4) is 0 Å². The van der Waals surface area contributed by atoms with Crippen LogP contribution in [0.25, 0.3) is 0 Å². The Morgan fingerprint density at radius 1 is 1.47 bits per heavy atom. The Bertz CT molecular complexity index is 338. The van der Waals surface area contributed by atoms with Gasteiger partial charge in [-0.1, -0.05) is 6.42 Å². The molecule has 6 heteroatoms. The fraction of sp³-hybridized carbons (Fsp3) is 0.923. The lowest BCUT2D eigenvalue weighted by Crippen LogP contribution is -2.51. The van der Waals surface area contributed by atoms with Crippen molar-refractivity contribution in [1.29, 1.82) is 0 Å². The van der Waals surface area contributed by atoms with Gasteiger partial charge in [0.1, 0.15) is 12.2 Å². The lowest BCUT2D eigenvalue weighted by molar-refractivity contribution is -0.206. The first-order valence-corrected chi connectivity index (χ1v) is 6.68. The maximum Gasteiger partial charge on any atom is 0.346 e. The summed E-state index contributed by atoms with van der Waals surface area (Å²) >= 11 is 0. The first-order valence-electron chi connectivity index (χ1n) is 6.68. The second-order valence-corrected chi connectivity index (χ2v) is 5.45. The highest BCUT2D eigenvalue weighted by molar-refractivity contribution is 5.79. The lowest BCUT2D eigenvalue weighted by atomic mass is 9.94. The third-order valence-corrected chi connectivity index (χ3v) is 3.98. The van der Waals surface area contributed by atoms with Crippen molar-refractivity contribution in [2.45, 2.75) is 62.7 Å². The van der Waals surface area contributed by atoms with E-state index < -0.39 is 29.6 Å². The molecule has 1 saturated heterocycles. The van der Waals surface area contributed by atoms with E-state index in [9.17, 15) is 14.3 Å². The molecule has 1 N–H and O–H groups in total. The molecule has 1 spiro atoms. The van der Waals surface area contributed by atoms with Crippen LogP contribution in [-0.4, -0.2) is 48.5 Å². The summed E-state index contributed by atoms with van der Waals surface area (Å²) in [6, 6.07) is 0. The van der Waals surface area contributed by atoms with E-state index in [1.807, 2.05) is 0 Å².